The van der Waals surface area contributed by atoms with Gasteiger partial charge in [0, 0.05) is 0 Å². The highest BCUT2D eigenvalue weighted by atomic mass is 14.5. The van der Waals surface area contributed by atoms with E-state index in [0.717, 1.165) is 17.8 Å². The molecular weight excluding hydrogens is 168 g/mol. The summed E-state index contributed by atoms with van der Waals surface area (Å²) in [5.41, 5.74) is 0.849. The van der Waals surface area contributed by atoms with Crippen LogP contribution in [0.5, 0.6) is 0 Å². The van der Waals surface area contributed by atoms with E-state index in [-0.39, 0.29) is 0 Å². The molecule has 0 N–H and O–H groups in total. The Morgan fingerprint density at radius 3 is 0.929 bits per heavy atom. The maximum atomic E-state index is 2.42. The third-order valence-corrected chi connectivity index (χ3v) is 5.21. The molecule has 0 heteroatoms. The van der Waals surface area contributed by atoms with Gasteiger partial charge in [-0.05, 0) is 28.6 Å². The summed E-state index contributed by atoms with van der Waals surface area (Å²) in [5, 5.41) is 0. The van der Waals surface area contributed by atoms with E-state index < -0.39 is 0 Å². The number of hydrogen-bond acceptors (Lipinski definition) is 0. The average molecular weight is 198 g/mol. The molecule has 0 aromatic heterocycles. The lowest BCUT2D eigenvalue weighted by atomic mass is 9.58. The normalized spacial score (nSPS) is 14.6. The molecule has 0 aromatic rings. The van der Waals surface area contributed by atoms with Gasteiger partial charge in [-0.3, -0.25) is 0 Å². The number of hydrogen-bond donors (Lipinski definition) is 0. The van der Waals surface area contributed by atoms with Crippen LogP contribution in [0.25, 0.3) is 0 Å². The molecule has 0 atom stereocenters. The van der Waals surface area contributed by atoms with E-state index in [1.54, 1.807) is 0 Å². The van der Waals surface area contributed by atoms with Crippen LogP contribution in [0.2, 0.25) is 0 Å². The molecule has 0 saturated carbocycles. The van der Waals surface area contributed by atoms with Crippen molar-refractivity contribution in [2.75, 3.05) is 0 Å². The third kappa shape index (κ3) is 2.52. The fourth-order valence-electron chi connectivity index (χ4n) is 1.96. The quantitative estimate of drug-likeness (QED) is 0.597. The summed E-state index contributed by atoms with van der Waals surface area (Å²) in [5.74, 6) is 2.24. The van der Waals surface area contributed by atoms with Crippen molar-refractivity contribution in [2.24, 2.45) is 28.6 Å². The lowest BCUT2D eigenvalue weighted by Gasteiger charge is -2.47. The molecule has 86 valence electrons. The van der Waals surface area contributed by atoms with Gasteiger partial charge in [-0.1, -0.05) is 62.3 Å². The summed E-state index contributed by atoms with van der Waals surface area (Å²) >= 11 is 0. The first-order valence-electron chi connectivity index (χ1n) is 6.04. The van der Waals surface area contributed by atoms with Crippen LogP contribution in [0.3, 0.4) is 0 Å². The van der Waals surface area contributed by atoms with Gasteiger partial charge in [0.2, 0.25) is 0 Å². The van der Waals surface area contributed by atoms with Crippen LogP contribution in [0, 0.1) is 28.6 Å². The van der Waals surface area contributed by atoms with E-state index in [9.17, 15) is 0 Å². The highest BCUT2D eigenvalue weighted by molar-refractivity contribution is 4.89. The van der Waals surface area contributed by atoms with E-state index in [2.05, 4.69) is 62.3 Å². The second kappa shape index (κ2) is 4.24. The minimum absolute atomic E-state index is 0.424. The summed E-state index contributed by atoms with van der Waals surface area (Å²) in [6.07, 6.45) is 0. The third-order valence-electron chi connectivity index (χ3n) is 5.21. The summed E-state index contributed by atoms with van der Waals surface area (Å²) in [4.78, 5) is 0. The van der Waals surface area contributed by atoms with Gasteiger partial charge in [-0.25, -0.2) is 0 Å². The zero-order valence-electron chi connectivity index (χ0n) is 11.7. The van der Waals surface area contributed by atoms with Crippen LogP contribution < -0.4 is 0 Å². The average Bonchev–Trinajstić information content (AvgIpc) is 2.02. The van der Waals surface area contributed by atoms with Gasteiger partial charge in [0.15, 0.2) is 0 Å². The van der Waals surface area contributed by atoms with Crippen molar-refractivity contribution in [3.63, 3.8) is 0 Å². The Morgan fingerprint density at radius 2 is 0.786 bits per heavy atom. The molecule has 0 unspecified atom stereocenters. The van der Waals surface area contributed by atoms with Crippen molar-refractivity contribution in [2.45, 2.75) is 62.3 Å². The van der Waals surface area contributed by atoms with Gasteiger partial charge < -0.3 is 0 Å². The maximum absolute atomic E-state index is 2.42. The molecule has 0 rings (SSSR count). The van der Waals surface area contributed by atoms with Gasteiger partial charge in [-0.15, -0.1) is 0 Å². The molecule has 0 heterocycles. The van der Waals surface area contributed by atoms with E-state index in [4.69, 9.17) is 0 Å². The summed E-state index contributed by atoms with van der Waals surface area (Å²) in [6.45, 7) is 21.4. The molecule has 14 heavy (non-hydrogen) atoms. The molecule has 0 aliphatic heterocycles. The Bertz CT molecular complexity index is 152. The Labute approximate surface area is 91.5 Å². The van der Waals surface area contributed by atoms with Crippen molar-refractivity contribution >= 4 is 0 Å². The van der Waals surface area contributed by atoms with E-state index in [1.165, 1.54) is 0 Å². The van der Waals surface area contributed by atoms with Crippen LogP contribution in [0.4, 0.5) is 0 Å². The molecule has 0 aromatic carbocycles. The zero-order valence-corrected chi connectivity index (χ0v) is 11.7. The molecule has 0 fully saturated rings. The van der Waals surface area contributed by atoms with Crippen LogP contribution in [-0.4, -0.2) is 0 Å². The predicted molar refractivity (Wildman–Crippen MR) is 66.4 cm³/mol. The van der Waals surface area contributed by atoms with Crippen molar-refractivity contribution in [3.05, 3.63) is 0 Å². The molecule has 0 aliphatic carbocycles. The SMILES string of the molecule is CC(C)C(C)(C)C(C)C(C)(C)C(C)C. The van der Waals surface area contributed by atoms with Gasteiger partial charge in [0.05, 0.1) is 0 Å². The largest absolute Gasteiger partial charge is 0.0623 e. The first-order chi connectivity index (χ1) is 6.04. The monoisotopic (exact) mass is 198 g/mol. The van der Waals surface area contributed by atoms with Crippen molar-refractivity contribution < 1.29 is 0 Å². The molecule has 0 bridgehead atoms. The van der Waals surface area contributed by atoms with Gasteiger partial charge >= 0.3 is 0 Å². The smallest absolute Gasteiger partial charge is 0.0300 e. The molecule has 0 nitrogen and oxygen atoms in total. The van der Waals surface area contributed by atoms with Crippen molar-refractivity contribution in [1.82, 2.24) is 0 Å². The van der Waals surface area contributed by atoms with Crippen LogP contribution >= 0.6 is 0 Å². The lowest BCUT2D eigenvalue weighted by Crippen LogP contribution is -2.40. The standard InChI is InChI=1S/C14H30/c1-10(2)13(6,7)12(5)14(8,9)11(3)4/h10-12H,1-9H3. The maximum Gasteiger partial charge on any atom is -0.0300 e. The highest BCUT2D eigenvalue weighted by Crippen LogP contribution is 2.47. The molecule has 0 saturated heterocycles. The van der Waals surface area contributed by atoms with Crippen LogP contribution in [0.1, 0.15) is 62.3 Å². The van der Waals surface area contributed by atoms with E-state index in [1.807, 2.05) is 0 Å². The van der Waals surface area contributed by atoms with Crippen LogP contribution in [0.15, 0.2) is 0 Å². The first-order valence-corrected chi connectivity index (χ1v) is 6.04. The van der Waals surface area contributed by atoms with Crippen molar-refractivity contribution in [3.8, 4) is 0 Å². The minimum atomic E-state index is 0.424. The summed E-state index contributed by atoms with van der Waals surface area (Å²) < 4.78 is 0. The molecule has 0 amide bonds. The van der Waals surface area contributed by atoms with Gasteiger partial charge in [-0.2, -0.15) is 0 Å². The topological polar surface area (TPSA) is 0 Å². The minimum Gasteiger partial charge on any atom is -0.0623 e. The van der Waals surface area contributed by atoms with Gasteiger partial charge in [0.25, 0.3) is 0 Å². The molecule has 0 aliphatic rings. The fraction of sp³-hybridized carbons (Fsp3) is 1.00. The molecular formula is C14H30. The Kier molecular flexibility index (Phi) is 4.24. The fourth-order valence-corrected chi connectivity index (χ4v) is 1.96. The summed E-state index contributed by atoms with van der Waals surface area (Å²) in [6, 6.07) is 0. The van der Waals surface area contributed by atoms with E-state index >= 15 is 0 Å². The second-order valence-corrected chi connectivity index (χ2v) is 6.67. The Morgan fingerprint density at radius 1 is 0.571 bits per heavy atom. The highest BCUT2D eigenvalue weighted by Gasteiger charge is 2.40. The number of rotatable bonds is 4. The lowest BCUT2D eigenvalue weighted by molar-refractivity contribution is 0.0176. The van der Waals surface area contributed by atoms with Crippen molar-refractivity contribution in [1.29, 1.82) is 0 Å². The van der Waals surface area contributed by atoms with Gasteiger partial charge in [0.1, 0.15) is 0 Å². The summed E-state index contributed by atoms with van der Waals surface area (Å²) in [7, 11) is 0. The second-order valence-electron chi connectivity index (χ2n) is 6.67. The van der Waals surface area contributed by atoms with Crippen LogP contribution in [-0.2, 0) is 0 Å². The molecule has 0 spiro atoms. The first kappa shape index (κ1) is 14.0. The predicted octanol–water partition coefficient (Wildman–Crippen LogP) is 4.99. The molecule has 0 radical (unpaired) electrons. The van der Waals surface area contributed by atoms with E-state index in [0.29, 0.717) is 10.8 Å². The zero-order chi connectivity index (χ0) is 11.7. The Balaban J connectivity index is 4.85. The Hall–Kier alpha value is 0.